The van der Waals surface area contributed by atoms with Gasteiger partial charge in [-0.05, 0) is 0 Å². The van der Waals surface area contributed by atoms with Gasteiger partial charge < -0.3 is 14.4 Å². The predicted molar refractivity (Wildman–Crippen MR) is 30.6 cm³/mol. The van der Waals surface area contributed by atoms with E-state index in [-0.39, 0.29) is 6.54 Å². The standard InChI is InChI=1S/C3H9NO3Si/c1-2-3-4-8(5,6)7/h2,4-7H,1,3H2. The Kier molecular flexibility index (Phi) is 2.88. The molecule has 0 saturated heterocycles. The molecule has 0 unspecified atom stereocenters. The van der Waals surface area contributed by atoms with E-state index in [9.17, 15) is 0 Å². The zero-order chi connectivity index (χ0) is 6.62. The molecule has 0 heterocycles. The lowest BCUT2D eigenvalue weighted by molar-refractivity contribution is 0.212. The highest BCUT2D eigenvalue weighted by Crippen LogP contribution is 1.74. The van der Waals surface area contributed by atoms with Gasteiger partial charge in [0.05, 0.1) is 0 Å². The zero-order valence-corrected chi connectivity index (χ0v) is 5.33. The van der Waals surface area contributed by atoms with Gasteiger partial charge >= 0.3 is 8.97 Å². The maximum atomic E-state index is 8.24. The van der Waals surface area contributed by atoms with Gasteiger partial charge in [-0.25, -0.2) is 0 Å². The quantitative estimate of drug-likeness (QED) is 0.271. The minimum Gasteiger partial charge on any atom is -0.377 e. The van der Waals surface area contributed by atoms with Crippen molar-refractivity contribution < 1.29 is 14.4 Å². The van der Waals surface area contributed by atoms with Crippen LogP contribution in [0.1, 0.15) is 0 Å². The molecule has 0 bridgehead atoms. The van der Waals surface area contributed by atoms with E-state index in [4.69, 9.17) is 14.4 Å². The summed E-state index contributed by atoms with van der Waals surface area (Å²) in [6, 6.07) is 0. The minimum atomic E-state index is -4.00. The minimum absolute atomic E-state index is 0.204. The smallest absolute Gasteiger partial charge is 0.377 e. The Morgan fingerprint density at radius 2 is 2.00 bits per heavy atom. The highest BCUT2D eigenvalue weighted by Gasteiger charge is 2.25. The lowest BCUT2D eigenvalue weighted by Crippen LogP contribution is -2.51. The summed E-state index contributed by atoms with van der Waals surface area (Å²) in [6.07, 6.45) is 1.42. The molecule has 0 aromatic heterocycles. The molecule has 0 aromatic carbocycles. The van der Waals surface area contributed by atoms with Crippen LogP contribution in [-0.2, 0) is 0 Å². The van der Waals surface area contributed by atoms with Gasteiger partial charge in [0.25, 0.3) is 0 Å². The zero-order valence-electron chi connectivity index (χ0n) is 4.33. The average Bonchev–Trinajstić information content (AvgIpc) is 1.59. The van der Waals surface area contributed by atoms with E-state index >= 15 is 0 Å². The third-order valence-corrected chi connectivity index (χ3v) is 1.16. The number of hydrogen-bond donors (Lipinski definition) is 4. The molecule has 4 N–H and O–H groups in total. The van der Waals surface area contributed by atoms with Crippen LogP contribution in [-0.4, -0.2) is 29.9 Å². The van der Waals surface area contributed by atoms with Crippen LogP contribution in [0.3, 0.4) is 0 Å². The molecule has 0 atom stereocenters. The van der Waals surface area contributed by atoms with Gasteiger partial charge in [0.15, 0.2) is 0 Å². The summed E-state index contributed by atoms with van der Waals surface area (Å²) in [5.41, 5.74) is 0. The Morgan fingerprint density at radius 1 is 1.50 bits per heavy atom. The molecule has 0 spiro atoms. The second kappa shape index (κ2) is 2.95. The third kappa shape index (κ3) is 5.80. The second-order valence-electron chi connectivity index (χ2n) is 1.30. The first-order valence-corrected chi connectivity index (χ1v) is 3.93. The van der Waals surface area contributed by atoms with Crippen LogP contribution < -0.4 is 4.98 Å². The van der Waals surface area contributed by atoms with Crippen molar-refractivity contribution in [3.63, 3.8) is 0 Å². The molecule has 0 radical (unpaired) electrons. The van der Waals surface area contributed by atoms with Crippen LogP contribution in [0, 0.1) is 0 Å². The van der Waals surface area contributed by atoms with Gasteiger partial charge in [-0.2, -0.15) is 0 Å². The Morgan fingerprint density at radius 3 is 2.12 bits per heavy atom. The highest BCUT2D eigenvalue weighted by atomic mass is 28.4. The van der Waals surface area contributed by atoms with Gasteiger partial charge in [0.1, 0.15) is 0 Å². The molecule has 4 nitrogen and oxygen atoms in total. The summed E-state index contributed by atoms with van der Waals surface area (Å²) < 4.78 is 0. The summed E-state index contributed by atoms with van der Waals surface area (Å²) in [5.74, 6) is 0. The van der Waals surface area contributed by atoms with E-state index in [1.807, 2.05) is 0 Å². The Labute approximate surface area is 48.5 Å². The summed E-state index contributed by atoms with van der Waals surface area (Å²) in [7, 11) is -4.00. The fraction of sp³-hybridized carbons (Fsp3) is 0.333. The van der Waals surface area contributed by atoms with Crippen molar-refractivity contribution in [1.82, 2.24) is 4.98 Å². The molecule has 8 heavy (non-hydrogen) atoms. The number of nitrogens with one attached hydrogen (secondary N) is 1. The fourth-order valence-corrected chi connectivity index (χ4v) is 0.627. The van der Waals surface area contributed by atoms with Crippen LogP contribution in [0.2, 0.25) is 0 Å². The van der Waals surface area contributed by atoms with Crippen LogP contribution in [0.4, 0.5) is 0 Å². The highest BCUT2D eigenvalue weighted by molar-refractivity contribution is 6.53. The van der Waals surface area contributed by atoms with Crippen LogP contribution in [0.15, 0.2) is 12.7 Å². The normalized spacial score (nSPS) is 11.4. The maximum Gasteiger partial charge on any atom is 0.588 e. The van der Waals surface area contributed by atoms with E-state index < -0.39 is 8.97 Å². The summed E-state index contributed by atoms with van der Waals surface area (Å²) in [4.78, 5) is 26.8. The molecule has 0 amide bonds. The second-order valence-corrected chi connectivity index (χ2v) is 2.93. The molecular formula is C3H9NO3Si. The lowest BCUT2D eigenvalue weighted by atomic mass is 10.7. The molecule has 0 aliphatic rings. The molecule has 0 fully saturated rings. The summed E-state index contributed by atoms with van der Waals surface area (Å²) in [6.45, 7) is 3.49. The van der Waals surface area contributed by atoms with Crippen LogP contribution >= 0.6 is 0 Å². The first-order valence-electron chi connectivity index (χ1n) is 2.09. The monoisotopic (exact) mass is 135 g/mol. The van der Waals surface area contributed by atoms with Gasteiger partial charge in [0.2, 0.25) is 0 Å². The first kappa shape index (κ1) is 7.80. The van der Waals surface area contributed by atoms with E-state index in [0.29, 0.717) is 0 Å². The van der Waals surface area contributed by atoms with Crippen molar-refractivity contribution in [3.05, 3.63) is 12.7 Å². The molecule has 0 aromatic rings. The number of rotatable bonds is 3. The fourth-order valence-electron chi connectivity index (χ4n) is 0.209. The SMILES string of the molecule is C=CCN[Si](O)(O)O. The van der Waals surface area contributed by atoms with Crippen molar-refractivity contribution in [2.45, 2.75) is 0 Å². The molecule has 48 valence electrons. The average molecular weight is 135 g/mol. The maximum absolute atomic E-state index is 8.24. The van der Waals surface area contributed by atoms with Crippen molar-refractivity contribution in [3.8, 4) is 0 Å². The first-order chi connectivity index (χ1) is 3.56. The molecule has 5 heteroatoms. The largest absolute Gasteiger partial charge is 0.588 e. The topological polar surface area (TPSA) is 72.7 Å². The van der Waals surface area contributed by atoms with Gasteiger partial charge in [-0.3, -0.25) is 4.98 Å². The van der Waals surface area contributed by atoms with Crippen molar-refractivity contribution in [1.29, 1.82) is 0 Å². The Balaban J connectivity index is 3.24. The number of hydrogen-bond acceptors (Lipinski definition) is 4. The summed E-state index contributed by atoms with van der Waals surface area (Å²) in [5, 5.41) is 0. The molecular weight excluding hydrogens is 126 g/mol. The van der Waals surface area contributed by atoms with Gasteiger partial charge in [0, 0.05) is 6.54 Å². The molecule has 0 aliphatic carbocycles. The molecule has 0 aliphatic heterocycles. The van der Waals surface area contributed by atoms with Crippen molar-refractivity contribution >= 4 is 8.97 Å². The lowest BCUT2D eigenvalue weighted by Gasteiger charge is -2.07. The predicted octanol–water partition coefficient (Wildman–Crippen LogP) is -1.83. The van der Waals surface area contributed by atoms with E-state index in [2.05, 4.69) is 11.6 Å². The van der Waals surface area contributed by atoms with Crippen LogP contribution in [0.25, 0.3) is 0 Å². The van der Waals surface area contributed by atoms with Crippen molar-refractivity contribution in [2.24, 2.45) is 0 Å². The Hall–Kier alpha value is -0.203. The van der Waals surface area contributed by atoms with E-state index in [1.54, 1.807) is 0 Å². The third-order valence-electron chi connectivity index (χ3n) is 0.484. The van der Waals surface area contributed by atoms with E-state index in [1.165, 1.54) is 6.08 Å². The van der Waals surface area contributed by atoms with Gasteiger partial charge in [-0.1, -0.05) is 6.08 Å². The summed E-state index contributed by atoms with van der Waals surface area (Å²) >= 11 is 0. The molecule has 0 rings (SSSR count). The van der Waals surface area contributed by atoms with Crippen LogP contribution in [0.5, 0.6) is 0 Å². The molecule has 0 saturated carbocycles. The van der Waals surface area contributed by atoms with E-state index in [0.717, 1.165) is 0 Å². The van der Waals surface area contributed by atoms with Crippen molar-refractivity contribution in [2.75, 3.05) is 6.54 Å². The Bertz CT molecular complexity index is 79.1. The van der Waals surface area contributed by atoms with Gasteiger partial charge in [-0.15, -0.1) is 6.58 Å².